The van der Waals surface area contributed by atoms with Crippen LogP contribution in [0.5, 0.6) is 0 Å². The SMILES string of the molecule is CCC(N)C(CC(=O)OC)c1ccc(F)cc1C. The number of ether oxygens (including phenoxy) is 1. The Hall–Kier alpha value is -1.42. The van der Waals surface area contributed by atoms with Gasteiger partial charge in [-0.2, -0.15) is 0 Å². The van der Waals surface area contributed by atoms with E-state index in [1.165, 1.54) is 19.2 Å². The van der Waals surface area contributed by atoms with Crippen LogP contribution < -0.4 is 5.73 Å². The van der Waals surface area contributed by atoms with Gasteiger partial charge in [-0.25, -0.2) is 4.39 Å². The lowest BCUT2D eigenvalue weighted by Gasteiger charge is -2.24. The van der Waals surface area contributed by atoms with Crippen molar-refractivity contribution in [3.05, 3.63) is 35.1 Å². The normalized spacial score (nSPS) is 14.1. The molecule has 2 unspecified atom stereocenters. The van der Waals surface area contributed by atoms with E-state index in [1.807, 2.05) is 13.8 Å². The molecule has 0 aromatic heterocycles. The third kappa shape index (κ3) is 3.53. The third-order valence-electron chi connectivity index (χ3n) is 3.23. The maximum atomic E-state index is 13.1. The fourth-order valence-corrected chi connectivity index (χ4v) is 2.09. The molecular weight excluding hydrogens is 233 g/mol. The van der Waals surface area contributed by atoms with Crippen molar-refractivity contribution in [3.8, 4) is 0 Å². The standard InChI is InChI=1S/C14H20FNO2/c1-4-13(16)12(8-14(17)18-3)11-6-5-10(15)7-9(11)2/h5-7,12-13H,4,8,16H2,1-3H3. The van der Waals surface area contributed by atoms with Crippen molar-refractivity contribution < 1.29 is 13.9 Å². The number of methoxy groups -OCH3 is 1. The van der Waals surface area contributed by atoms with Crippen molar-refractivity contribution in [2.45, 2.75) is 38.6 Å². The van der Waals surface area contributed by atoms with Gasteiger partial charge >= 0.3 is 5.97 Å². The van der Waals surface area contributed by atoms with Crippen molar-refractivity contribution in [1.82, 2.24) is 0 Å². The molecule has 0 heterocycles. The third-order valence-corrected chi connectivity index (χ3v) is 3.23. The van der Waals surface area contributed by atoms with Gasteiger partial charge in [0.1, 0.15) is 5.82 Å². The van der Waals surface area contributed by atoms with E-state index in [2.05, 4.69) is 0 Å². The molecule has 3 nitrogen and oxygen atoms in total. The molecule has 0 fully saturated rings. The molecule has 0 saturated carbocycles. The van der Waals surface area contributed by atoms with Gasteiger partial charge in [-0.05, 0) is 36.6 Å². The van der Waals surface area contributed by atoms with Crippen LogP contribution in [0.2, 0.25) is 0 Å². The maximum Gasteiger partial charge on any atom is 0.306 e. The molecule has 0 spiro atoms. The summed E-state index contributed by atoms with van der Waals surface area (Å²) in [5.74, 6) is -0.714. The van der Waals surface area contributed by atoms with E-state index >= 15 is 0 Å². The maximum absolute atomic E-state index is 13.1. The summed E-state index contributed by atoms with van der Waals surface area (Å²) in [6.45, 7) is 3.79. The van der Waals surface area contributed by atoms with E-state index in [9.17, 15) is 9.18 Å². The van der Waals surface area contributed by atoms with Crippen LogP contribution >= 0.6 is 0 Å². The Morgan fingerprint density at radius 2 is 2.17 bits per heavy atom. The van der Waals surface area contributed by atoms with Crippen LogP contribution in [0.3, 0.4) is 0 Å². The van der Waals surface area contributed by atoms with E-state index in [0.717, 1.165) is 17.5 Å². The number of hydrogen-bond acceptors (Lipinski definition) is 3. The molecule has 0 aliphatic rings. The molecule has 18 heavy (non-hydrogen) atoms. The molecule has 0 aliphatic heterocycles. The minimum absolute atomic E-state index is 0.136. The minimum Gasteiger partial charge on any atom is -0.469 e. The van der Waals surface area contributed by atoms with E-state index in [-0.39, 0.29) is 30.2 Å². The predicted octanol–water partition coefficient (Wildman–Crippen LogP) is 2.52. The average molecular weight is 253 g/mol. The van der Waals surface area contributed by atoms with Crippen molar-refractivity contribution in [3.63, 3.8) is 0 Å². The first-order valence-electron chi connectivity index (χ1n) is 6.08. The number of rotatable bonds is 5. The Labute approximate surface area is 107 Å². The first-order valence-corrected chi connectivity index (χ1v) is 6.08. The van der Waals surface area contributed by atoms with E-state index in [0.29, 0.717) is 0 Å². The molecule has 1 aromatic rings. The van der Waals surface area contributed by atoms with Crippen LogP contribution in [0.4, 0.5) is 4.39 Å². The zero-order valence-electron chi connectivity index (χ0n) is 11.1. The highest BCUT2D eigenvalue weighted by molar-refractivity contribution is 5.70. The molecule has 0 bridgehead atoms. The first kappa shape index (κ1) is 14.6. The Kier molecular flexibility index (Phi) is 5.28. The van der Waals surface area contributed by atoms with Crippen LogP contribution in [-0.4, -0.2) is 19.1 Å². The Morgan fingerprint density at radius 3 is 2.67 bits per heavy atom. The van der Waals surface area contributed by atoms with Gasteiger partial charge in [-0.1, -0.05) is 13.0 Å². The average Bonchev–Trinajstić information content (AvgIpc) is 2.35. The number of carbonyl (C=O) groups excluding carboxylic acids is 1. The molecule has 100 valence electrons. The molecule has 0 amide bonds. The first-order chi connectivity index (χ1) is 8.49. The molecular formula is C14H20FNO2. The topological polar surface area (TPSA) is 52.3 Å². The van der Waals surface area contributed by atoms with E-state index in [1.54, 1.807) is 6.07 Å². The molecule has 0 radical (unpaired) electrons. The van der Waals surface area contributed by atoms with Crippen LogP contribution in [0.1, 0.15) is 36.8 Å². The number of esters is 1. The van der Waals surface area contributed by atoms with Gasteiger partial charge in [0.05, 0.1) is 13.5 Å². The summed E-state index contributed by atoms with van der Waals surface area (Å²) >= 11 is 0. The lowest BCUT2D eigenvalue weighted by atomic mass is 9.85. The second-order valence-electron chi connectivity index (χ2n) is 4.46. The van der Waals surface area contributed by atoms with Crippen LogP contribution in [0, 0.1) is 12.7 Å². The van der Waals surface area contributed by atoms with Gasteiger partial charge in [0.25, 0.3) is 0 Å². The van der Waals surface area contributed by atoms with Crippen molar-refractivity contribution >= 4 is 5.97 Å². The van der Waals surface area contributed by atoms with Crippen LogP contribution in [0.25, 0.3) is 0 Å². The number of nitrogens with two attached hydrogens (primary N) is 1. The number of hydrogen-bond donors (Lipinski definition) is 1. The van der Waals surface area contributed by atoms with Gasteiger partial charge in [0.2, 0.25) is 0 Å². The van der Waals surface area contributed by atoms with Gasteiger partial charge in [-0.15, -0.1) is 0 Å². The molecule has 4 heteroatoms. The number of aryl methyl sites for hydroxylation is 1. The Bertz CT molecular complexity index is 420. The van der Waals surface area contributed by atoms with Gasteiger partial charge in [0, 0.05) is 12.0 Å². The van der Waals surface area contributed by atoms with Crippen molar-refractivity contribution in [1.29, 1.82) is 0 Å². The van der Waals surface area contributed by atoms with Gasteiger partial charge in [0.15, 0.2) is 0 Å². The predicted molar refractivity (Wildman–Crippen MR) is 68.8 cm³/mol. The number of halogens is 1. The van der Waals surface area contributed by atoms with Crippen molar-refractivity contribution in [2.24, 2.45) is 5.73 Å². The summed E-state index contributed by atoms with van der Waals surface area (Å²) in [7, 11) is 1.36. The molecule has 1 aromatic carbocycles. The second kappa shape index (κ2) is 6.50. The quantitative estimate of drug-likeness (QED) is 0.820. The zero-order valence-corrected chi connectivity index (χ0v) is 11.1. The fraction of sp³-hybridized carbons (Fsp3) is 0.500. The molecule has 2 atom stereocenters. The monoisotopic (exact) mass is 253 g/mol. The summed E-state index contributed by atoms with van der Waals surface area (Å²) < 4.78 is 17.8. The van der Waals surface area contributed by atoms with E-state index in [4.69, 9.17) is 10.5 Å². The second-order valence-corrected chi connectivity index (χ2v) is 4.46. The van der Waals surface area contributed by atoms with Gasteiger partial charge < -0.3 is 10.5 Å². The highest BCUT2D eigenvalue weighted by Gasteiger charge is 2.23. The minimum atomic E-state index is -0.298. The molecule has 0 saturated heterocycles. The summed E-state index contributed by atoms with van der Waals surface area (Å²) in [5.41, 5.74) is 7.78. The summed E-state index contributed by atoms with van der Waals surface area (Å²) in [4.78, 5) is 11.4. The number of benzene rings is 1. The van der Waals surface area contributed by atoms with Gasteiger partial charge in [-0.3, -0.25) is 4.79 Å². The fourth-order valence-electron chi connectivity index (χ4n) is 2.09. The van der Waals surface area contributed by atoms with Crippen molar-refractivity contribution in [2.75, 3.05) is 7.11 Å². The Balaban J connectivity index is 3.05. The lowest BCUT2D eigenvalue weighted by Crippen LogP contribution is -2.30. The zero-order chi connectivity index (χ0) is 13.7. The summed E-state index contributed by atoms with van der Waals surface area (Å²) in [6.07, 6.45) is 0.969. The largest absolute Gasteiger partial charge is 0.469 e. The highest BCUT2D eigenvalue weighted by atomic mass is 19.1. The van der Waals surface area contributed by atoms with E-state index < -0.39 is 0 Å². The smallest absolute Gasteiger partial charge is 0.306 e. The summed E-state index contributed by atoms with van der Waals surface area (Å²) in [6, 6.07) is 4.42. The van der Waals surface area contributed by atoms with Crippen LogP contribution in [-0.2, 0) is 9.53 Å². The summed E-state index contributed by atoms with van der Waals surface area (Å²) in [5, 5.41) is 0. The lowest BCUT2D eigenvalue weighted by molar-refractivity contribution is -0.141. The number of carbonyl (C=O) groups is 1. The highest BCUT2D eigenvalue weighted by Crippen LogP contribution is 2.28. The molecule has 2 N–H and O–H groups in total. The Morgan fingerprint density at radius 1 is 1.50 bits per heavy atom. The molecule has 0 aliphatic carbocycles. The van der Waals surface area contributed by atoms with Crippen LogP contribution in [0.15, 0.2) is 18.2 Å². The molecule has 1 rings (SSSR count).